The number of hydrogen-bond donors (Lipinski definition) is 1. The van der Waals surface area contributed by atoms with Gasteiger partial charge in [0.2, 0.25) is 0 Å². The van der Waals surface area contributed by atoms with E-state index >= 15 is 0 Å². The Morgan fingerprint density at radius 3 is 2.03 bits per heavy atom. The highest BCUT2D eigenvalue weighted by atomic mass is 35.5. The van der Waals surface area contributed by atoms with Crippen LogP contribution in [0.1, 0.15) is 40.7 Å². The van der Waals surface area contributed by atoms with Crippen molar-refractivity contribution < 1.29 is 9.32 Å². The Morgan fingerprint density at radius 2 is 1.43 bits per heavy atom. The molecule has 3 aromatic rings. The van der Waals surface area contributed by atoms with Crippen molar-refractivity contribution in [2.24, 2.45) is 5.90 Å². The molecule has 2 N–H and O–H groups in total. The summed E-state index contributed by atoms with van der Waals surface area (Å²) in [7, 11) is 0. The summed E-state index contributed by atoms with van der Waals surface area (Å²) in [4.78, 5) is 7.60. The Morgan fingerprint density at radius 1 is 0.829 bits per heavy atom. The van der Waals surface area contributed by atoms with Crippen molar-refractivity contribution in [3.63, 3.8) is 0 Å². The molecule has 0 amide bonds. The SMILES string of the molecule is Cl.NOOSc1ccc(/C=C/CN2CCC(=C3c4ccccc4C=Cc4ccccc43)CC2)cc1. The van der Waals surface area contributed by atoms with Crippen LogP contribution in [0.3, 0.4) is 0 Å². The summed E-state index contributed by atoms with van der Waals surface area (Å²) in [5.41, 5.74) is 9.50. The number of piperidine rings is 1. The summed E-state index contributed by atoms with van der Waals surface area (Å²) in [6, 6.07) is 25.7. The second-order valence-electron chi connectivity index (χ2n) is 8.51. The average molecular weight is 505 g/mol. The van der Waals surface area contributed by atoms with E-state index in [4.69, 9.17) is 5.90 Å². The monoisotopic (exact) mass is 504 g/mol. The van der Waals surface area contributed by atoms with Crippen LogP contribution in [0, 0.1) is 0 Å². The number of halogens is 1. The van der Waals surface area contributed by atoms with E-state index in [9.17, 15) is 0 Å². The van der Waals surface area contributed by atoms with Gasteiger partial charge in [0.1, 0.15) is 0 Å². The fourth-order valence-corrected chi connectivity index (χ4v) is 5.10. The van der Waals surface area contributed by atoms with Crippen LogP contribution in [0.15, 0.2) is 89.3 Å². The first-order chi connectivity index (χ1) is 16.8. The van der Waals surface area contributed by atoms with Gasteiger partial charge in [-0.3, -0.25) is 4.90 Å². The Labute approximate surface area is 217 Å². The van der Waals surface area contributed by atoms with E-state index in [0.717, 1.165) is 55.0 Å². The molecule has 6 heteroatoms. The van der Waals surface area contributed by atoms with Crippen molar-refractivity contribution in [2.75, 3.05) is 19.6 Å². The predicted octanol–water partition coefficient (Wildman–Crippen LogP) is 7.03. The van der Waals surface area contributed by atoms with Crippen LogP contribution in [0.25, 0.3) is 23.8 Å². The molecule has 2 aliphatic rings. The maximum atomic E-state index is 4.88. The molecule has 0 bridgehead atoms. The lowest BCUT2D eigenvalue weighted by Gasteiger charge is -2.29. The predicted molar refractivity (Wildman–Crippen MR) is 148 cm³/mol. The molecular weight excluding hydrogens is 476 g/mol. The number of fused-ring (bicyclic) bond motifs is 2. The van der Waals surface area contributed by atoms with E-state index in [0.29, 0.717) is 0 Å². The molecule has 1 aliphatic carbocycles. The zero-order valence-electron chi connectivity index (χ0n) is 19.4. The van der Waals surface area contributed by atoms with Crippen LogP contribution in [-0.4, -0.2) is 24.5 Å². The fourth-order valence-electron chi connectivity index (χ4n) is 4.73. The van der Waals surface area contributed by atoms with Crippen LogP contribution < -0.4 is 5.90 Å². The summed E-state index contributed by atoms with van der Waals surface area (Å²) < 4.78 is 4.68. The maximum Gasteiger partial charge on any atom is 0.0702 e. The van der Waals surface area contributed by atoms with Crippen LogP contribution in [0.2, 0.25) is 0 Å². The van der Waals surface area contributed by atoms with Gasteiger partial charge in [-0.25, -0.2) is 0 Å². The molecule has 0 atom stereocenters. The fraction of sp³-hybridized carbons (Fsp3) is 0.172. The quantitative estimate of drug-likeness (QED) is 0.173. The van der Waals surface area contributed by atoms with E-state index in [1.165, 1.54) is 27.8 Å². The number of hydrogen-bond acceptors (Lipinski definition) is 5. The van der Waals surface area contributed by atoms with Gasteiger partial charge in [0.25, 0.3) is 0 Å². The van der Waals surface area contributed by atoms with Gasteiger partial charge in [-0.15, -0.1) is 21.7 Å². The molecule has 1 aliphatic heterocycles. The number of rotatable bonds is 6. The number of nitrogens with two attached hydrogens (primary N) is 1. The third-order valence-corrected chi connectivity index (χ3v) is 7.05. The van der Waals surface area contributed by atoms with Gasteiger partial charge in [-0.05, 0) is 58.4 Å². The van der Waals surface area contributed by atoms with Crippen molar-refractivity contribution in [3.05, 3.63) is 112 Å². The molecule has 1 heterocycles. The van der Waals surface area contributed by atoms with Crippen molar-refractivity contribution in [1.29, 1.82) is 0 Å². The zero-order valence-corrected chi connectivity index (χ0v) is 21.1. The minimum Gasteiger partial charge on any atom is -0.299 e. The van der Waals surface area contributed by atoms with Crippen molar-refractivity contribution in [1.82, 2.24) is 4.90 Å². The minimum absolute atomic E-state index is 0. The molecule has 180 valence electrons. The molecule has 0 unspecified atom stereocenters. The molecule has 1 fully saturated rings. The maximum absolute atomic E-state index is 4.88. The molecule has 0 spiro atoms. The molecule has 35 heavy (non-hydrogen) atoms. The molecular formula is C29H29ClN2O2S. The van der Waals surface area contributed by atoms with E-state index in [1.54, 1.807) is 5.57 Å². The van der Waals surface area contributed by atoms with E-state index < -0.39 is 0 Å². The lowest BCUT2D eigenvalue weighted by molar-refractivity contribution is -0.195. The molecule has 5 rings (SSSR count). The van der Waals surface area contributed by atoms with E-state index in [-0.39, 0.29) is 12.4 Å². The van der Waals surface area contributed by atoms with Crippen molar-refractivity contribution in [3.8, 4) is 0 Å². The largest absolute Gasteiger partial charge is 0.299 e. The Kier molecular flexibility index (Phi) is 8.99. The number of likely N-dealkylation sites (tertiary alicyclic amines) is 1. The average Bonchev–Trinajstić information content (AvgIpc) is 3.06. The summed E-state index contributed by atoms with van der Waals surface area (Å²) in [6.07, 6.45) is 11.1. The van der Waals surface area contributed by atoms with Gasteiger partial charge in [0, 0.05) is 24.5 Å². The summed E-state index contributed by atoms with van der Waals surface area (Å²) in [6.45, 7) is 3.11. The Balaban J connectivity index is 0.00000289. The number of nitrogens with zero attached hydrogens (tertiary/aromatic N) is 1. The van der Waals surface area contributed by atoms with Crippen LogP contribution >= 0.6 is 24.4 Å². The second-order valence-corrected chi connectivity index (χ2v) is 9.28. The smallest absolute Gasteiger partial charge is 0.0702 e. The van der Waals surface area contributed by atoms with E-state index in [1.807, 2.05) is 12.1 Å². The van der Waals surface area contributed by atoms with Crippen molar-refractivity contribution in [2.45, 2.75) is 17.7 Å². The van der Waals surface area contributed by atoms with Gasteiger partial charge in [0.05, 0.1) is 12.0 Å². The minimum atomic E-state index is 0. The highest BCUT2D eigenvalue weighted by Crippen LogP contribution is 2.38. The summed E-state index contributed by atoms with van der Waals surface area (Å²) in [5.74, 6) is 4.88. The lowest BCUT2D eigenvalue weighted by atomic mass is 9.86. The second kappa shape index (κ2) is 12.4. The molecule has 4 nitrogen and oxygen atoms in total. The lowest BCUT2D eigenvalue weighted by Crippen LogP contribution is -2.31. The molecule has 3 aromatic carbocycles. The van der Waals surface area contributed by atoms with Gasteiger partial charge >= 0.3 is 0 Å². The van der Waals surface area contributed by atoms with Gasteiger partial charge < -0.3 is 0 Å². The highest BCUT2D eigenvalue weighted by molar-refractivity contribution is 7.94. The third kappa shape index (κ3) is 6.14. The number of benzene rings is 3. The Bertz CT molecular complexity index is 1180. The molecule has 1 saturated heterocycles. The highest BCUT2D eigenvalue weighted by Gasteiger charge is 2.22. The topological polar surface area (TPSA) is 47.7 Å². The molecule has 0 saturated carbocycles. The third-order valence-electron chi connectivity index (χ3n) is 6.44. The van der Waals surface area contributed by atoms with Gasteiger partial charge in [-0.2, -0.15) is 5.90 Å². The molecule has 0 radical (unpaired) electrons. The first kappa shape index (κ1) is 25.5. The van der Waals surface area contributed by atoms with Crippen LogP contribution in [0.5, 0.6) is 0 Å². The van der Waals surface area contributed by atoms with Crippen molar-refractivity contribution >= 4 is 48.3 Å². The standard InChI is InChI=1S/C29H28N2O2S.ClH/c30-32-33-34-26-15-11-22(12-16-26)6-5-19-31-20-17-25(18-21-31)29-27-9-3-1-7-23(27)13-14-24-8-2-4-10-28(24)29;/h1-16H,17-21,30H2;1H/b6-5+;. The first-order valence-electron chi connectivity index (χ1n) is 11.6. The summed E-state index contributed by atoms with van der Waals surface area (Å²) in [5, 5.41) is 0. The summed E-state index contributed by atoms with van der Waals surface area (Å²) >= 11 is 1.09. The normalized spacial score (nSPS) is 15.5. The first-order valence-corrected chi connectivity index (χ1v) is 12.3. The zero-order chi connectivity index (χ0) is 23.2. The van der Waals surface area contributed by atoms with Gasteiger partial charge in [0.15, 0.2) is 0 Å². The van der Waals surface area contributed by atoms with Crippen LogP contribution in [-0.2, 0) is 9.32 Å². The van der Waals surface area contributed by atoms with Gasteiger partial charge in [-0.1, -0.05) is 90.5 Å². The van der Waals surface area contributed by atoms with Crippen LogP contribution in [0.4, 0.5) is 0 Å². The van der Waals surface area contributed by atoms with E-state index in [2.05, 4.69) is 99.2 Å². The Hall–Kier alpha value is -2.64. The molecule has 0 aromatic heterocycles.